The highest BCUT2D eigenvalue weighted by molar-refractivity contribution is 9.10. The van der Waals surface area contributed by atoms with Crippen LogP contribution in [0.1, 0.15) is 0 Å². The zero-order valence-corrected chi connectivity index (χ0v) is 12.2. The highest BCUT2D eigenvalue weighted by atomic mass is 79.9. The van der Waals surface area contributed by atoms with Gasteiger partial charge in [0.15, 0.2) is 16.8 Å². The van der Waals surface area contributed by atoms with Gasteiger partial charge in [0, 0.05) is 10.5 Å². The van der Waals surface area contributed by atoms with Gasteiger partial charge in [-0.1, -0.05) is 27.3 Å². The summed E-state index contributed by atoms with van der Waals surface area (Å²) in [6.07, 6.45) is 0. The molecule has 0 spiro atoms. The van der Waals surface area contributed by atoms with Crippen LogP contribution in [-0.2, 0) is 0 Å². The van der Waals surface area contributed by atoms with Crippen molar-refractivity contribution in [2.75, 3.05) is 5.32 Å². The smallest absolute Gasteiger partial charge is 0.188 e. The van der Waals surface area contributed by atoms with E-state index in [1.54, 1.807) is 6.07 Å². The summed E-state index contributed by atoms with van der Waals surface area (Å²) in [6.45, 7) is 0. The number of rotatable bonds is 2. The van der Waals surface area contributed by atoms with E-state index in [1.165, 1.54) is 23.5 Å². The van der Waals surface area contributed by atoms with Crippen molar-refractivity contribution in [1.82, 2.24) is 4.98 Å². The van der Waals surface area contributed by atoms with E-state index < -0.39 is 17.5 Å². The molecular formula is C13H6BrF3N2S. The first kappa shape index (κ1) is 13.4. The van der Waals surface area contributed by atoms with Crippen molar-refractivity contribution in [3.63, 3.8) is 0 Å². The predicted octanol–water partition coefficient (Wildman–Crippen LogP) is 5.22. The van der Waals surface area contributed by atoms with E-state index in [1.807, 2.05) is 0 Å². The largest absolute Gasteiger partial charge is 0.327 e. The van der Waals surface area contributed by atoms with Gasteiger partial charge >= 0.3 is 0 Å². The number of anilines is 2. The molecule has 0 atom stereocenters. The molecule has 3 aromatic rings. The van der Waals surface area contributed by atoms with Crippen molar-refractivity contribution in [2.24, 2.45) is 0 Å². The second-order valence-electron chi connectivity index (χ2n) is 4.00. The highest BCUT2D eigenvalue weighted by Gasteiger charge is 2.13. The van der Waals surface area contributed by atoms with Gasteiger partial charge in [-0.25, -0.2) is 18.2 Å². The van der Waals surface area contributed by atoms with E-state index in [4.69, 9.17) is 0 Å². The van der Waals surface area contributed by atoms with Crippen LogP contribution >= 0.6 is 27.3 Å². The molecule has 20 heavy (non-hydrogen) atoms. The maximum absolute atomic E-state index is 13.7. The van der Waals surface area contributed by atoms with E-state index in [0.29, 0.717) is 15.1 Å². The molecule has 1 heterocycles. The Hall–Kier alpha value is -1.60. The molecule has 0 bridgehead atoms. The molecule has 0 aliphatic heterocycles. The van der Waals surface area contributed by atoms with Gasteiger partial charge in [-0.2, -0.15) is 0 Å². The molecular weight excluding hydrogens is 353 g/mol. The standard InChI is InChI=1S/C13H6BrF3N2S/c14-6-3-8(16)12(9(17)4-6)19-13-18-10-5-7(15)1-2-11(10)20-13/h1-5H,(H,18,19). The summed E-state index contributed by atoms with van der Waals surface area (Å²) >= 11 is 4.19. The minimum absolute atomic E-state index is 0.285. The molecule has 0 amide bonds. The predicted molar refractivity (Wildman–Crippen MR) is 76.9 cm³/mol. The molecule has 102 valence electrons. The molecule has 0 aliphatic carbocycles. The van der Waals surface area contributed by atoms with E-state index in [9.17, 15) is 13.2 Å². The number of fused-ring (bicyclic) bond motifs is 1. The fraction of sp³-hybridized carbons (Fsp3) is 0. The van der Waals surface area contributed by atoms with Gasteiger partial charge in [-0.05, 0) is 24.3 Å². The summed E-state index contributed by atoms with van der Waals surface area (Å²) in [5.41, 5.74) is 0.156. The number of aromatic nitrogens is 1. The van der Waals surface area contributed by atoms with Crippen LogP contribution in [0.2, 0.25) is 0 Å². The number of nitrogens with zero attached hydrogens (tertiary/aromatic N) is 1. The number of thiazole rings is 1. The Morgan fingerprint density at radius 2 is 1.75 bits per heavy atom. The molecule has 0 fully saturated rings. The third-order valence-corrected chi connectivity index (χ3v) is 4.00. The summed E-state index contributed by atoms with van der Waals surface area (Å²) in [6, 6.07) is 6.45. The number of hydrogen-bond acceptors (Lipinski definition) is 3. The molecule has 0 radical (unpaired) electrons. The lowest BCUT2D eigenvalue weighted by atomic mass is 10.3. The maximum Gasteiger partial charge on any atom is 0.188 e. The third kappa shape index (κ3) is 2.51. The van der Waals surface area contributed by atoms with Crippen molar-refractivity contribution in [3.05, 3.63) is 52.3 Å². The molecule has 3 rings (SSSR count). The van der Waals surface area contributed by atoms with Crippen LogP contribution in [0.15, 0.2) is 34.8 Å². The lowest BCUT2D eigenvalue weighted by Crippen LogP contribution is -1.97. The molecule has 0 saturated heterocycles. The van der Waals surface area contributed by atoms with Gasteiger partial charge in [-0.3, -0.25) is 0 Å². The minimum atomic E-state index is -0.734. The van der Waals surface area contributed by atoms with Crippen molar-refractivity contribution >= 4 is 48.3 Å². The van der Waals surface area contributed by atoms with Crippen LogP contribution in [-0.4, -0.2) is 4.98 Å². The molecule has 2 nitrogen and oxygen atoms in total. The van der Waals surface area contributed by atoms with Crippen LogP contribution in [0.3, 0.4) is 0 Å². The second-order valence-corrected chi connectivity index (χ2v) is 5.95. The van der Waals surface area contributed by atoms with Gasteiger partial charge in [0.2, 0.25) is 0 Å². The minimum Gasteiger partial charge on any atom is -0.327 e. The average molecular weight is 359 g/mol. The molecule has 1 N–H and O–H groups in total. The van der Waals surface area contributed by atoms with Crippen LogP contribution < -0.4 is 5.32 Å². The zero-order valence-electron chi connectivity index (χ0n) is 9.75. The quantitative estimate of drug-likeness (QED) is 0.679. The molecule has 0 unspecified atom stereocenters. The summed E-state index contributed by atoms with van der Waals surface area (Å²) in [7, 11) is 0. The molecule has 0 aliphatic rings. The number of nitrogens with one attached hydrogen (secondary N) is 1. The maximum atomic E-state index is 13.7. The average Bonchev–Trinajstić information content (AvgIpc) is 2.75. The first-order chi connectivity index (χ1) is 9.52. The molecule has 1 aromatic heterocycles. The fourth-order valence-electron chi connectivity index (χ4n) is 1.72. The summed E-state index contributed by atoms with van der Waals surface area (Å²) in [5.74, 6) is -1.88. The Morgan fingerprint density at radius 1 is 1.05 bits per heavy atom. The van der Waals surface area contributed by atoms with E-state index in [2.05, 4.69) is 26.2 Å². The van der Waals surface area contributed by atoms with Gasteiger partial charge in [-0.15, -0.1) is 0 Å². The van der Waals surface area contributed by atoms with Crippen LogP contribution in [0.5, 0.6) is 0 Å². The second kappa shape index (κ2) is 5.06. The molecule has 0 saturated carbocycles. The van der Waals surface area contributed by atoms with Crippen molar-refractivity contribution in [3.8, 4) is 0 Å². The number of benzene rings is 2. The van der Waals surface area contributed by atoms with Crippen molar-refractivity contribution in [1.29, 1.82) is 0 Å². The summed E-state index contributed by atoms with van der Waals surface area (Å²) in [4.78, 5) is 4.10. The lowest BCUT2D eigenvalue weighted by molar-refractivity contribution is 0.589. The van der Waals surface area contributed by atoms with Gasteiger partial charge < -0.3 is 5.32 Å². The third-order valence-electron chi connectivity index (χ3n) is 2.59. The number of halogens is 4. The monoisotopic (exact) mass is 358 g/mol. The lowest BCUT2D eigenvalue weighted by Gasteiger charge is -2.06. The van der Waals surface area contributed by atoms with E-state index in [-0.39, 0.29) is 5.69 Å². The van der Waals surface area contributed by atoms with Gasteiger partial charge in [0.1, 0.15) is 11.5 Å². The van der Waals surface area contributed by atoms with Crippen LogP contribution in [0.25, 0.3) is 10.2 Å². The van der Waals surface area contributed by atoms with Crippen molar-refractivity contribution < 1.29 is 13.2 Å². The van der Waals surface area contributed by atoms with Crippen LogP contribution in [0.4, 0.5) is 24.0 Å². The first-order valence-electron chi connectivity index (χ1n) is 5.50. The van der Waals surface area contributed by atoms with Crippen LogP contribution in [0, 0.1) is 17.5 Å². The first-order valence-corrected chi connectivity index (χ1v) is 7.11. The normalized spacial score (nSPS) is 11.0. The Morgan fingerprint density at radius 3 is 2.45 bits per heavy atom. The Bertz CT molecular complexity index is 780. The Balaban J connectivity index is 2.01. The zero-order chi connectivity index (χ0) is 14.3. The van der Waals surface area contributed by atoms with Gasteiger partial charge in [0.25, 0.3) is 0 Å². The molecule has 7 heteroatoms. The van der Waals surface area contributed by atoms with E-state index in [0.717, 1.165) is 16.8 Å². The van der Waals surface area contributed by atoms with Gasteiger partial charge in [0.05, 0.1) is 10.2 Å². The highest BCUT2D eigenvalue weighted by Crippen LogP contribution is 2.31. The topological polar surface area (TPSA) is 24.9 Å². The van der Waals surface area contributed by atoms with Crippen molar-refractivity contribution in [2.45, 2.75) is 0 Å². The molecule has 2 aromatic carbocycles. The Kier molecular flexibility index (Phi) is 3.39. The SMILES string of the molecule is Fc1ccc2sc(Nc3c(F)cc(Br)cc3F)nc2c1. The fourth-order valence-corrected chi connectivity index (χ4v) is 2.98. The summed E-state index contributed by atoms with van der Waals surface area (Å²) < 4.78 is 41.5. The summed E-state index contributed by atoms with van der Waals surface area (Å²) in [5, 5.41) is 2.89. The number of hydrogen-bond donors (Lipinski definition) is 1. The Labute approximate surface area is 124 Å². The van der Waals surface area contributed by atoms with E-state index >= 15 is 0 Å².